The molecule has 8 nitrogen and oxygen atoms in total. The van der Waals surface area contributed by atoms with Gasteiger partial charge in [-0.25, -0.2) is 12.7 Å². The van der Waals surface area contributed by atoms with Crippen LogP contribution in [0.5, 0.6) is 0 Å². The number of hydrogen-bond donors (Lipinski definition) is 0. The van der Waals surface area contributed by atoms with E-state index in [1.807, 2.05) is 37.3 Å². The van der Waals surface area contributed by atoms with Gasteiger partial charge in [-0.15, -0.1) is 0 Å². The largest absolute Gasteiger partial charge is 0.378 e. The standard InChI is InChI=1S/C24H31N3O5S/c1-18-16-27(17-23(32-18)19-7-5-4-6-8-19)24(28)21-15-20(33(29,30)25(2)3)9-10-22(21)26-11-13-31-14-12-26/h4-10,15,18,23H,11-14,16-17H2,1-3H3. The summed E-state index contributed by atoms with van der Waals surface area (Å²) in [6, 6.07) is 14.7. The second kappa shape index (κ2) is 9.80. The highest BCUT2D eigenvalue weighted by Gasteiger charge is 2.32. The van der Waals surface area contributed by atoms with Crippen molar-refractivity contribution in [2.75, 3.05) is 58.4 Å². The van der Waals surface area contributed by atoms with Crippen LogP contribution in [0.2, 0.25) is 0 Å². The third-order valence-electron chi connectivity index (χ3n) is 6.05. The molecule has 0 aliphatic carbocycles. The van der Waals surface area contributed by atoms with E-state index in [0.29, 0.717) is 45.0 Å². The van der Waals surface area contributed by atoms with Crippen LogP contribution in [-0.4, -0.2) is 83.1 Å². The van der Waals surface area contributed by atoms with Gasteiger partial charge in [0.05, 0.1) is 36.3 Å². The van der Waals surface area contributed by atoms with Crippen LogP contribution >= 0.6 is 0 Å². The monoisotopic (exact) mass is 473 g/mol. The summed E-state index contributed by atoms with van der Waals surface area (Å²) in [4.78, 5) is 17.8. The van der Waals surface area contributed by atoms with Gasteiger partial charge in [-0.1, -0.05) is 30.3 Å². The lowest BCUT2D eigenvalue weighted by Crippen LogP contribution is -2.46. The smallest absolute Gasteiger partial charge is 0.256 e. The number of rotatable bonds is 5. The molecule has 2 saturated heterocycles. The first-order chi connectivity index (χ1) is 15.8. The van der Waals surface area contributed by atoms with Gasteiger partial charge in [-0.05, 0) is 30.7 Å². The van der Waals surface area contributed by atoms with E-state index in [2.05, 4.69) is 4.90 Å². The molecule has 0 aromatic heterocycles. The number of sulfonamides is 1. The first-order valence-corrected chi connectivity index (χ1v) is 12.6. The van der Waals surface area contributed by atoms with Gasteiger partial charge in [0, 0.05) is 39.4 Å². The molecule has 2 aromatic rings. The molecule has 9 heteroatoms. The average Bonchev–Trinajstić information content (AvgIpc) is 2.83. The van der Waals surface area contributed by atoms with Crippen molar-refractivity contribution in [3.63, 3.8) is 0 Å². The predicted molar refractivity (Wildman–Crippen MR) is 126 cm³/mol. The van der Waals surface area contributed by atoms with E-state index in [0.717, 1.165) is 15.6 Å². The van der Waals surface area contributed by atoms with Crippen LogP contribution in [0, 0.1) is 0 Å². The summed E-state index contributed by atoms with van der Waals surface area (Å²) in [5, 5.41) is 0. The molecule has 2 heterocycles. The third-order valence-corrected chi connectivity index (χ3v) is 7.86. The Morgan fingerprint density at radius 1 is 1.03 bits per heavy atom. The summed E-state index contributed by atoms with van der Waals surface area (Å²) in [6.07, 6.45) is -0.382. The quantitative estimate of drug-likeness (QED) is 0.664. The molecule has 0 radical (unpaired) electrons. The molecule has 33 heavy (non-hydrogen) atoms. The van der Waals surface area contributed by atoms with Crippen molar-refractivity contribution in [1.29, 1.82) is 0 Å². The zero-order valence-electron chi connectivity index (χ0n) is 19.3. The van der Waals surface area contributed by atoms with Crippen LogP contribution < -0.4 is 4.90 Å². The predicted octanol–water partition coefficient (Wildman–Crippen LogP) is 2.38. The first kappa shape index (κ1) is 23.7. The number of amides is 1. The van der Waals surface area contributed by atoms with Crippen molar-refractivity contribution < 1.29 is 22.7 Å². The van der Waals surface area contributed by atoms with E-state index in [1.165, 1.54) is 20.2 Å². The highest BCUT2D eigenvalue weighted by atomic mass is 32.2. The zero-order chi connectivity index (χ0) is 23.6. The Hall–Kier alpha value is -2.46. The van der Waals surface area contributed by atoms with Crippen LogP contribution in [0.25, 0.3) is 0 Å². The minimum atomic E-state index is -3.68. The number of hydrogen-bond acceptors (Lipinski definition) is 6. The fourth-order valence-electron chi connectivity index (χ4n) is 4.28. The maximum Gasteiger partial charge on any atom is 0.256 e. The number of morpholine rings is 2. The van der Waals surface area contributed by atoms with Crippen LogP contribution in [0.1, 0.15) is 28.9 Å². The first-order valence-electron chi connectivity index (χ1n) is 11.2. The lowest BCUT2D eigenvalue weighted by molar-refractivity contribution is -0.0691. The van der Waals surface area contributed by atoms with Gasteiger partial charge in [-0.3, -0.25) is 4.79 Å². The van der Waals surface area contributed by atoms with E-state index in [4.69, 9.17) is 9.47 Å². The molecule has 0 saturated carbocycles. The van der Waals surface area contributed by atoms with Crippen LogP contribution in [0.15, 0.2) is 53.4 Å². The summed E-state index contributed by atoms with van der Waals surface area (Å²) in [5.74, 6) is -0.191. The van der Waals surface area contributed by atoms with Crippen molar-refractivity contribution in [2.45, 2.75) is 24.0 Å². The van der Waals surface area contributed by atoms with Gasteiger partial charge < -0.3 is 19.3 Å². The van der Waals surface area contributed by atoms with Gasteiger partial charge in [0.2, 0.25) is 10.0 Å². The lowest BCUT2D eigenvalue weighted by Gasteiger charge is -2.38. The summed E-state index contributed by atoms with van der Waals surface area (Å²) >= 11 is 0. The Morgan fingerprint density at radius 2 is 1.73 bits per heavy atom. The fraction of sp³-hybridized carbons (Fsp3) is 0.458. The van der Waals surface area contributed by atoms with Crippen molar-refractivity contribution >= 4 is 21.6 Å². The van der Waals surface area contributed by atoms with Gasteiger partial charge >= 0.3 is 0 Å². The fourth-order valence-corrected chi connectivity index (χ4v) is 5.21. The molecular formula is C24H31N3O5S. The summed E-state index contributed by atoms with van der Waals surface area (Å²) < 4.78 is 38.4. The van der Waals surface area contributed by atoms with E-state index < -0.39 is 10.0 Å². The Bertz CT molecular complexity index is 1080. The van der Waals surface area contributed by atoms with Gasteiger partial charge in [0.1, 0.15) is 6.10 Å². The van der Waals surface area contributed by atoms with Crippen molar-refractivity contribution in [3.8, 4) is 0 Å². The maximum atomic E-state index is 13.8. The topological polar surface area (TPSA) is 79.4 Å². The Labute approximate surface area is 195 Å². The number of nitrogens with zero attached hydrogens (tertiary/aromatic N) is 3. The molecule has 2 aromatic carbocycles. The minimum Gasteiger partial charge on any atom is -0.378 e. The second-order valence-corrected chi connectivity index (χ2v) is 10.8. The number of ether oxygens (including phenoxy) is 2. The molecule has 2 aliphatic heterocycles. The number of carbonyl (C=O) groups is 1. The molecule has 2 fully saturated rings. The minimum absolute atomic E-state index is 0.105. The second-order valence-electron chi connectivity index (χ2n) is 8.62. The van der Waals surface area contributed by atoms with Crippen molar-refractivity contribution in [3.05, 3.63) is 59.7 Å². The van der Waals surface area contributed by atoms with E-state index >= 15 is 0 Å². The highest BCUT2D eigenvalue weighted by Crippen LogP contribution is 2.31. The summed E-state index contributed by atoms with van der Waals surface area (Å²) in [5.41, 5.74) is 2.14. The van der Waals surface area contributed by atoms with Crippen LogP contribution in [-0.2, 0) is 19.5 Å². The molecule has 178 valence electrons. The number of benzene rings is 2. The van der Waals surface area contributed by atoms with Crippen molar-refractivity contribution in [2.24, 2.45) is 0 Å². The Balaban J connectivity index is 1.71. The zero-order valence-corrected chi connectivity index (χ0v) is 20.1. The van der Waals surface area contributed by atoms with Gasteiger partial charge in [-0.2, -0.15) is 0 Å². The van der Waals surface area contributed by atoms with E-state index in [-0.39, 0.29) is 23.0 Å². The molecule has 2 aliphatic rings. The van der Waals surface area contributed by atoms with Gasteiger partial charge in [0.25, 0.3) is 5.91 Å². The Morgan fingerprint density at radius 3 is 2.39 bits per heavy atom. The molecule has 2 atom stereocenters. The molecular weight excluding hydrogens is 442 g/mol. The van der Waals surface area contributed by atoms with Crippen LogP contribution in [0.4, 0.5) is 5.69 Å². The molecule has 4 rings (SSSR count). The Kier molecular flexibility index (Phi) is 7.04. The highest BCUT2D eigenvalue weighted by molar-refractivity contribution is 7.89. The number of carbonyl (C=O) groups excluding carboxylic acids is 1. The number of anilines is 1. The third kappa shape index (κ3) is 5.06. The maximum absolute atomic E-state index is 13.8. The molecule has 0 bridgehead atoms. The van der Waals surface area contributed by atoms with E-state index in [1.54, 1.807) is 17.0 Å². The lowest BCUT2D eigenvalue weighted by atomic mass is 10.0. The summed E-state index contributed by atoms with van der Waals surface area (Å²) in [6.45, 7) is 5.21. The summed E-state index contributed by atoms with van der Waals surface area (Å²) in [7, 11) is -0.707. The van der Waals surface area contributed by atoms with Crippen molar-refractivity contribution in [1.82, 2.24) is 9.21 Å². The molecule has 2 unspecified atom stereocenters. The van der Waals surface area contributed by atoms with E-state index in [9.17, 15) is 13.2 Å². The van der Waals surface area contributed by atoms with Gasteiger partial charge in [0.15, 0.2) is 0 Å². The average molecular weight is 474 g/mol. The normalized spacial score (nSPS) is 21.9. The molecule has 0 spiro atoms. The SMILES string of the molecule is CC1CN(C(=O)c2cc(S(=O)(=O)N(C)C)ccc2N2CCOCC2)CC(c2ccccc2)O1. The molecule has 1 amide bonds. The molecule has 0 N–H and O–H groups in total. The van der Waals surface area contributed by atoms with Crippen LogP contribution in [0.3, 0.4) is 0 Å².